The van der Waals surface area contributed by atoms with E-state index in [0.29, 0.717) is 170 Å². The van der Waals surface area contributed by atoms with E-state index in [2.05, 4.69) is 15.8 Å². The molecule has 2 aromatic rings. The van der Waals surface area contributed by atoms with Gasteiger partial charge in [0.25, 0.3) is 11.8 Å². The van der Waals surface area contributed by atoms with Crippen molar-refractivity contribution < 1.29 is 197 Å². The zero-order valence-corrected chi connectivity index (χ0v) is 73.4. The highest BCUT2D eigenvalue weighted by Crippen LogP contribution is 2.29. The van der Waals surface area contributed by atoms with Crippen LogP contribution >= 0.6 is 0 Å². The third-order valence-corrected chi connectivity index (χ3v) is 17.1. The molecule has 9 atom stereocenters. The Morgan fingerprint density at radius 3 is 0.992 bits per heavy atom. The molecule has 45 nitrogen and oxygen atoms in total. The Morgan fingerprint density at radius 1 is 0.370 bits per heavy atom. The number of nitrogens with one attached hydrogen (secondary N) is 2. The van der Waals surface area contributed by atoms with Crippen molar-refractivity contribution >= 4 is 41.3 Å². The van der Waals surface area contributed by atoms with Crippen LogP contribution in [0, 0.1) is 0 Å². The van der Waals surface area contributed by atoms with Gasteiger partial charge in [0.05, 0.1) is 294 Å². The molecule has 2 saturated heterocycles. The van der Waals surface area contributed by atoms with E-state index in [4.69, 9.17) is 133 Å². The number of ether oxygens (including phenoxy) is 27. The maximum absolute atomic E-state index is 13.4. The highest BCUT2D eigenvalue weighted by molar-refractivity contribution is 5.97. The second-order valence-electron chi connectivity index (χ2n) is 27.5. The van der Waals surface area contributed by atoms with Gasteiger partial charge in [-0.05, 0) is 49.2 Å². The van der Waals surface area contributed by atoms with Crippen molar-refractivity contribution in [3.8, 4) is 11.5 Å². The molecule has 0 bridgehead atoms. The number of rotatable bonds is 83. The lowest BCUT2D eigenvalue weighted by Crippen LogP contribution is -2.61. The van der Waals surface area contributed by atoms with Gasteiger partial charge >= 0.3 is 17.9 Å². The molecule has 730 valence electrons. The van der Waals surface area contributed by atoms with E-state index in [1.54, 1.807) is 11.0 Å². The van der Waals surface area contributed by atoms with Gasteiger partial charge < -0.3 is 184 Å². The van der Waals surface area contributed by atoms with Gasteiger partial charge in [0.2, 0.25) is 18.5 Å². The summed E-state index contributed by atoms with van der Waals surface area (Å²) in [5.74, 6) is -4.36. The SMILES string of the molecule is CC(=O)OCc1ccc(O[C@@H]2O[C@H](C(=O)O)[C@@H](O)[C@H](O)[C@H]2O)c(C(=O)NCCOCCOCCOCCOCCOCCN(CCOCCOCCOCCOCCOCCNC(=O)c2cc(COC(C)=O)ccc2O[C@@H]2OC[C@@H](O)[C@H](O)[C@H]2O)C(=O)COCCOCCOCCOCCOCCOCCOCCOCCOCCOCCOCCON=C(C)C)c1. The molecule has 2 fully saturated rings. The molecule has 45 heteroatoms. The number of carboxylic acid groups (broad SMARTS) is 1. The molecule has 0 radical (unpaired) electrons. The summed E-state index contributed by atoms with van der Waals surface area (Å²) >= 11 is 0. The molecular formula is C82H136N4O41. The highest BCUT2D eigenvalue weighted by atomic mass is 16.7. The Kier molecular flexibility index (Phi) is 66.2. The zero-order valence-electron chi connectivity index (χ0n) is 73.4. The lowest BCUT2D eigenvalue weighted by atomic mass is 9.99. The van der Waals surface area contributed by atoms with Gasteiger partial charge in [-0.2, -0.15) is 0 Å². The zero-order chi connectivity index (χ0) is 91.8. The summed E-state index contributed by atoms with van der Waals surface area (Å²) in [5, 5.41) is 79.8. The fourth-order valence-electron chi connectivity index (χ4n) is 10.6. The minimum atomic E-state index is -1.96. The van der Waals surface area contributed by atoms with Gasteiger partial charge in [-0.1, -0.05) is 17.3 Å². The first kappa shape index (κ1) is 112. The maximum atomic E-state index is 13.4. The minimum absolute atomic E-state index is 0.0170. The van der Waals surface area contributed by atoms with Crippen LogP contribution in [-0.2, 0) is 156 Å². The lowest BCUT2D eigenvalue weighted by Gasteiger charge is -2.38. The summed E-state index contributed by atoms with van der Waals surface area (Å²) in [6.07, 6.45) is -15.3. The largest absolute Gasteiger partial charge is 0.479 e. The Bertz CT molecular complexity index is 3190. The number of oxime groups is 1. The summed E-state index contributed by atoms with van der Waals surface area (Å²) in [6.45, 7) is 19.9. The van der Waals surface area contributed by atoms with Crippen LogP contribution in [0.25, 0.3) is 0 Å². The van der Waals surface area contributed by atoms with Crippen molar-refractivity contribution in [1.29, 1.82) is 0 Å². The van der Waals surface area contributed by atoms with Gasteiger partial charge in [-0.3, -0.25) is 24.0 Å². The molecule has 3 amide bonds. The number of carbonyl (C=O) groups excluding carboxylic acids is 5. The Hall–Kier alpha value is -6.83. The van der Waals surface area contributed by atoms with Crippen molar-refractivity contribution in [2.75, 3.05) is 317 Å². The van der Waals surface area contributed by atoms with E-state index in [0.717, 1.165) is 5.71 Å². The predicted molar refractivity (Wildman–Crippen MR) is 440 cm³/mol. The molecule has 4 rings (SSSR count). The molecule has 0 spiro atoms. The molecule has 0 aliphatic carbocycles. The molecule has 9 N–H and O–H groups in total. The number of esters is 2. The van der Waals surface area contributed by atoms with Crippen LogP contribution in [0.1, 0.15) is 59.5 Å². The van der Waals surface area contributed by atoms with E-state index in [1.807, 2.05) is 13.8 Å². The average Bonchev–Trinajstić information content (AvgIpc) is 0.801. The van der Waals surface area contributed by atoms with Crippen LogP contribution in [0.15, 0.2) is 41.6 Å². The number of nitrogens with zero attached hydrogens (tertiary/aromatic N) is 2. The Balaban J connectivity index is 1.01. The molecule has 0 saturated carbocycles. The van der Waals surface area contributed by atoms with Gasteiger partial charge in [0.15, 0.2) is 6.10 Å². The second-order valence-corrected chi connectivity index (χ2v) is 27.5. The second kappa shape index (κ2) is 74.8. The molecule has 0 unspecified atom stereocenters. The molecule has 2 aliphatic rings. The first-order valence-electron chi connectivity index (χ1n) is 42.3. The number of aliphatic hydroxyl groups is 6. The van der Waals surface area contributed by atoms with E-state index < -0.39 is 85.0 Å². The highest BCUT2D eigenvalue weighted by Gasteiger charge is 2.48. The van der Waals surface area contributed by atoms with Gasteiger partial charge in [0, 0.05) is 40.0 Å². The summed E-state index contributed by atoms with van der Waals surface area (Å²) in [4.78, 5) is 81.1. The molecule has 2 aliphatic heterocycles. The van der Waals surface area contributed by atoms with Gasteiger partial charge in [0.1, 0.15) is 74.6 Å². The average molecular weight is 1830 g/mol. The van der Waals surface area contributed by atoms with Crippen LogP contribution in [0.4, 0.5) is 0 Å². The van der Waals surface area contributed by atoms with Crippen molar-refractivity contribution in [2.24, 2.45) is 5.16 Å². The van der Waals surface area contributed by atoms with E-state index >= 15 is 0 Å². The van der Waals surface area contributed by atoms with E-state index in [1.165, 1.54) is 44.2 Å². The van der Waals surface area contributed by atoms with E-state index in [9.17, 15) is 64.5 Å². The standard InChI is InChI=1S/C82H136N4O41/c1-61(2)85-124-54-53-119-50-49-117-46-45-115-42-41-113-38-37-111-34-33-110-35-36-112-39-40-114-43-44-116-47-48-118-51-52-120-60-71(90)86(11-15-102-19-23-106-27-31-108-29-25-104-21-17-100-13-9-83-78(96)66-55-64(57-121-62(3)87)5-7-69(66)125-81-75(94)72(91)68(89)59-123-81)12-16-103-20-24-107-28-32-109-30-26-105-22-18-101-14-10-84-79(97)67-56-65(58-122-63(4)88)6-8-70(67)126-82-76(95)73(92)74(93)77(127-82)80(98)99/h5-8,55-56,68,72-77,81-82,89,91-95H,9-54,57-60H2,1-4H3,(H,83,96)(H,84,97)(H,98,99)/t68-,72+,73+,74+,75-,76-,77+,81+,82-/m1/s1. The molecule has 2 aromatic carbocycles. The number of benzene rings is 2. The predicted octanol–water partition coefficient (Wildman–Crippen LogP) is -2.35. The van der Waals surface area contributed by atoms with Crippen molar-refractivity contribution in [2.45, 2.75) is 96.2 Å². The third-order valence-electron chi connectivity index (χ3n) is 17.1. The monoisotopic (exact) mass is 1830 g/mol. The minimum Gasteiger partial charge on any atom is -0.479 e. The quantitative estimate of drug-likeness (QED) is 0.0145. The Morgan fingerprint density at radius 2 is 0.669 bits per heavy atom. The molecule has 0 aromatic heterocycles. The molecule has 127 heavy (non-hydrogen) atoms. The van der Waals surface area contributed by atoms with Crippen molar-refractivity contribution in [3.63, 3.8) is 0 Å². The van der Waals surface area contributed by atoms with Crippen molar-refractivity contribution in [1.82, 2.24) is 15.5 Å². The maximum Gasteiger partial charge on any atom is 0.335 e. The number of carboxylic acids is 1. The Labute approximate surface area is 739 Å². The summed E-state index contributed by atoms with van der Waals surface area (Å²) in [6, 6.07) is 8.60. The molecular weight excluding hydrogens is 1700 g/mol. The number of aliphatic carboxylic acids is 1. The topological polar surface area (TPSA) is 542 Å². The normalized spacial score (nSPS) is 18.0. The number of hydrogen-bond acceptors (Lipinski definition) is 41. The van der Waals surface area contributed by atoms with Crippen LogP contribution < -0.4 is 20.1 Å². The number of amides is 3. The van der Waals surface area contributed by atoms with Gasteiger partial charge in [-0.25, -0.2) is 4.79 Å². The summed E-state index contributed by atoms with van der Waals surface area (Å²) in [7, 11) is 0. The first-order chi connectivity index (χ1) is 61.8. The fourth-order valence-corrected chi connectivity index (χ4v) is 10.6. The van der Waals surface area contributed by atoms with Gasteiger partial charge in [-0.15, -0.1) is 0 Å². The number of carbonyl (C=O) groups is 6. The fraction of sp³-hybridized carbons (Fsp3) is 0.768. The summed E-state index contributed by atoms with van der Waals surface area (Å²) < 4.78 is 149. The first-order valence-corrected chi connectivity index (χ1v) is 42.3. The molecule has 2 heterocycles. The van der Waals surface area contributed by atoms with Crippen LogP contribution in [0.5, 0.6) is 11.5 Å². The number of hydrogen-bond donors (Lipinski definition) is 9. The van der Waals surface area contributed by atoms with Crippen LogP contribution in [-0.4, -0.2) is 454 Å². The third kappa shape index (κ3) is 55.8. The lowest BCUT2D eigenvalue weighted by molar-refractivity contribution is -0.271. The van der Waals surface area contributed by atoms with Crippen molar-refractivity contribution in [3.05, 3.63) is 58.7 Å². The summed E-state index contributed by atoms with van der Waals surface area (Å²) in [5.41, 5.74) is 1.68. The smallest absolute Gasteiger partial charge is 0.335 e. The van der Waals surface area contributed by atoms with Crippen LogP contribution in [0.3, 0.4) is 0 Å². The van der Waals surface area contributed by atoms with E-state index in [-0.39, 0.29) is 200 Å². The number of aliphatic hydroxyl groups excluding tert-OH is 6. The van der Waals surface area contributed by atoms with Crippen LogP contribution in [0.2, 0.25) is 0 Å².